The maximum absolute atomic E-state index is 13.0. The zero-order valence-electron chi connectivity index (χ0n) is 18.5. The number of carbonyl (C=O) groups excluding carboxylic acids is 2. The summed E-state index contributed by atoms with van der Waals surface area (Å²) >= 11 is 1.44. The molecule has 1 saturated carbocycles. The normalized spacial score (nSPS) is 21.0. The molecule has 0 aromatic rings. The molecule has 1 fully saturated rings. The monoisotopic (exact) mass is 426 g/mol. The van der Waals surface area contributed by atoms with Gasteiger partial charge in [0.1, 0.15) is 0 Å². The van der Waals surface area contributed by atoms with Crippen LogP contribution in [0.15, 0.2) is 5.10 Å². The smallest absolute Gasteiger partial charge is 0.341 e. The number of rotatable bonds is 8. The van der Waals surface area contributed by atoms with Gasteiger partial charge in [-0.3, -0.25) is 4.79 Å². The van der Waals surface area contributed by atoms with Crippen LogP contribution in [0.1, 0.15) is 71.6 Å². The molecule has 0 aromatic carbocycles. The van der Waals surface area contributed by atoms with E-state index in [4.69, 9.17) is 4.74 Å². The Morgan fingerprint density at radius 1 is 1.21 bits per heavy atom. The van der Waals surface area contributed by atoms with Crippen LogP contribution >= 0.6 is 11.8 Å². The second-order valence-corrected chi connectivity index (χ2v) is 9.77. The number of nitrogens with one attached hydrogen (secondary N) is 1. The molecule has 1 atom stereocenters. The lowest BCUT2D eigenvalue weighted by Crippen LogP contribution is -2.48. The van der Waals surface area contributed by atoms with Gasteiger partial charge < -0.3 is 15.0 Å². The fourth-order valence-electron chi connectivity index (χ4n) is 3.44. The standard InChI is InChI=1S/C21H38N4O3S/c1-16(2)12-13-18(26)19-25(23-21(28-19)29-15-14-24(3)4)20(27)22-17-10-8-6-5-7-9-11-17/h16-17,19H,5-15H2,1-4H3,(H,22,27). The third-order valence-corrected chi connectivity index (χ3v) is 6.08. The summed E-state index contributed by atoms with van der Waals surface area (Å²) in [5.74, 6) is 1.13. The molecule has 1 aliphatic carbocycles. The number of ether oxygens (including phenoxy) is 1. The molecule has 29 heavy (non-hydrogen) atoms. The van der Waals surface area contributed by atoms with E-state index in [0.717, 1.165) is 44.4 Å². The Labute approximate surface area is 180 Å². The lowest BCUT2D eigenvalue weighted by atomic mass is 9.97. The van der Waals surface area contributed by atoms with Crippen molar-refractivity contribution < 1.29 is 14.3 Å². The number of nitrogens with zero attached hydrogens (tertiary/aromatic N) is 3. The maximum Gasteiger partial charge on any atom is 0.341 e. The second-order valence-electron chi connectivity index (χ2n) is 8.72. The zero-order valence-corrected chi connectivity index (χ0v) is 19.3. The molecule has 8 heteroatoms. The highest BCUT2D eigenvalue weighted by molar-refractivity contribution is 8.13. The third kappa shape index (κ3) is 8.54. The first-order valence-electron chi connectivity index (χ1n) is 11.0. The number of urea groups is 1. The Balaban J connectivity index is 2.00. The molecule has 1 unspecified atom stereocenters. The molecule has 0 aromatic heterocycles. The first-order chi connectivity index (χ1) is 13.9. The van der Waals surface area contributed by atoms with E-state index in [-0.39, 0.29) is 17.9 Å². The highest BCUT2D eigenvalue weighted by Crippen LogP contribution is 2.23. The Hall–Kier alpha value is -1.28. The third-order valence-electron chi connectivity index (χ3n) is 5.27. The van der Waals surface area contributed by atoms with Crippen molar-refractivity contribution in [1.29, 1.82) is 0 Å². The Kier molecular flexibility index (Phi) is 10.3. The molecular formula is C21H38N4O3S. The van der Waals surface area contributed by atoms with Gasteiger partial charge in [0, 0.05) is 24.8 Å². The van der Waals surface area contributed by atoms with Crippen LogP contribution in [0.5, 0.6) is 0 Å². The molecule has 1 aliphatic heterocycles. The summed E-state index contributed by atoms with van der Waals surface area (Å²) in [5.41, 5.74) is 0. The van der Waals surface area contributed by atoms with Gasteiger partial charge in [-0.25, -0.2) is 4.79 Å². The van der Waals surface area contributed by atoms with E-state index < -0.39 is 6.23 Å². The molecule has 7 nitrogen and oxygen atoms in total. The van der Waals surface area contributed by atoms with E-state index in [1.807, 2.05) is 14.1 Å². The lowest BCUT2D eigenvalue weighted by Gasteiger charge is -2.25. The molecule has 1 N–H and O–H groups in total. The van der Waals surface area contributed by atoms with Crippen molar-refractivity contribution in [2.75, 3.05) is 26.4 Å². The first kappa shape index (κ1) is 24.0. The number of thioether (sulfide) groups is 1. The van der Waals surface area contributed by atoms with Crippen LogP contribution in [-0.2, 0) is 9.53 Å². The van der Waals surface area contributed by atoms with Gasteiger partial charge in [-0.2, -0.15) is 5.01 Å². The fraction of sp³-hybridized carbons (Fsp3) is 0.857. The van der Waals surface area contributed by atoms with E-state index in [1.165, 1.54) is 36.0 Å². The van der Waals surface area contributed by atoms with Crippen LogP contribution in [0.4, 0.5) is 4.79 Å². The van der Waals surface area contributed by atoms with Crippen molar-refractivity contribution in [1.82, 2.24) is 15.2 Å². The number of hydrogen-bond donors (Lipinski definition) is 1. The van der Waals surface area contributed by atoms with E-state index in [2.05, 4.69) is 29.2 Å². The van der Waals surface area contributed by atoms with E-state index in [0.29, 0.717) is 17.6 Å². The van der Waals surface area contributed by atoms with Gasteiger partial charge in [-0.1, -0.05) is 57.7 Å². The summed E-state index contributed by atoms with van der Waals surface area (Å²) in [7, 11) is 4.01. The maximum atomic E-state index is 13.0. The molecular weight excluding hydrogens is 388 g/mol. The number of carbonyl (C=O) groups is 2. The van der Waals surface area contributed by atoms with Crippen molar-refractivity contribution in [3.63, 3.8) is 0 Å². The van der Waals surface area contributed by atoms with Gasteiger partial charge in [0.2, 0.25) is 0 Å². The predicted molar refractivity (Wildman–Crippen MR) is 119 cm³/mol. The van der Waals surface area contributed by atoms with Crippen molar-refractivity contribution in [2.24, 2.45) is 11.0 Å². The van der Waals surface area contributed by atoms with E-state index >= 15 is 0 Å². The largest absolute Gasteiger partial charge is 0.438 e. The molecule has 0 saturated heterocycles. The molecule has 1 heterocycles. The van der Waals surface area contributed by atoms with Crippen LogP contribution in [0.25, 0.3) is 0 Å². The molecule has 2 aliphatic rings. The fourth-order valence-corrected chi connectivity index (χ4v) is 4.37. The Morgan fingerprint density at radius 3 is 2.48 bits per heavy atom. The quantitative estimate of drug-likeness (QED) is 0.634. The predicted octanol–water partition coefficient (Wildman–Crippen LogP) is 4.04. The van der Waals surface area contributed by atoms with E-state index in [9.17, 15) is 9.59 Å². The molecule has 2 rings (SSSR count). The van der Waals surface area contributed by atoms with Crippen molar-refractivity contribution in [2.45, 2.75) is 83.9 Å². The minimum absolute atomic E-state index is 0.0847. The Bertz CT molecular complexity index is 560. The molecule has 2 amide bonds. The summed E-state index contributed by atoms with van der Waals surface area (Å²) in [6.07, 6.45) is 8.19. The molecule has 0 spiro atoms. The minimum Gasteiger partial charge on any atom is -0.438 e. The highest BCUT2D eigenvalue weighted by Gasteiger charge is 2.38. The number of hydrogen-bond acceptors (Lipinski definition) is 6. The zero-order chi connectivity index (χ0) is 21.2. The van der Waals surface area contributed by atoms with Crippen molar-refractivity contribution in [3.8, 4) is 0 Å². The molecule has 0 radical (unpaired) electrons. The van der Waals surface area contributed by atoms with E-state index in [1.54, 1.807) is 0 Å². The Morgan fingerprint density at radius 2 is 1.86 bits per heavy atom. The number of hydrazone groups is 1. The average molecular weight is 427 g/mol. The van der Waals surface area contributed by atoms with Crippen LogP contribution in [0.2, 0.25) is 0 Å². The highest BCUT2D eigenvalue weighted by atomic mass is 32.2. The summed E-state index contributed by atoms with van der Waals surface area (Å²) in [6, 6.07) is -0.170. The molecule has 0 bridgehead atoms. The van der Waals surface area contributed by atoms with Crippen LogP contribution in [-0.4, -0.2) is 65.6 Å². The van der Waals surface area contributed by atoms with Crippen molar-refractivity contribution >= 4 is 28.8 Å². The van der Waals surface area contributed by atoms with Gasteiger partial charge in [0.25, 0.3) is 11.5 Å². The summed E-state index contributed by atoms with van der Waals surface area (Å²) in [4.78, 5) is 27.8. The second kappa shape index (κ2) is 12.4. The van der Waals surface area contributed by atoms with Crippen molar-refractivity contribution in [3.05, 3.63) is 0 Å². The SMILES string of the molecule is CC(C)CCC(=O)C1OC(SCCN(C)C)=NN1C(=O)NC1CCCCCCC1. The van der Waals surface area contributed by atoms with Crippen LogP contribution in [0.3, 0.4) is 0 Å². The summed E-state index contributed by atoms with van der Waals surface area (Å²) in [6.45, 7) is 5.04. The van der Waals surface area contributed by atoms with Gasteiger partial charge in [0.05, 0.1) is 0 Å². The first-order valence-corrected chi connectivity index (χ1v) is 12.0. The van der Waals surface area contributed by atoms with Gasteiger partial charge >= 0.3 is 6.03 Å². The van der Waals surface area contributed by atoms with Crippen LogP contribution < -0.4 is 5.32 Å². The number of Topliss-reactive ketones (excluding diaryl/α,β-unsaturated/α-hetero) is 1. The summed E-state index contributed by atoms with van der Waals surface area (Å²) < 4.78 is 5.81. The number of amides is 2. The topological polar surface area (TPSA) is 74.2 Å². The lowest BCUT2D eigenvalue weighted by molar-refractivity contribution is -0.131. The molecule has 166 valence electrons. The minimum atomic E-state index is -0.941. The van der Waals surface area contributed by atoms with Crippen LogP contribution in [0, 0.1) is 5.92 Å². The average Bonchev–Trinajstić information content (AvgIpc) is 3.06. The number of ketones is 1. The van der Waals surface area contributed by atoms with Gasteiger partial charge in [0.15, 0.2) is 5.78 Å². The van der Waals surface area contributed by atoms with Gasteiger partial charge in [-0.15, -0.1) is 5.10 Å². The summed E-state index contributed by atoms with van der Waals surface area (Å²) in [5, 5.41) is 9.11. The van der Waals surface area contributed by atoms with Gasteiger partial charge in [-0.05, 0) is 39.3 Å².